The summed E-state index contributed by atoms with van der Waals surface area (Å²) in [5.74, 6) is 1.38. The SMILES string of the molecule is C=C1CCC[C@H]2[C@](C)(CC[C@@H](C)C(=O)OC)[C@@H](C)CC[C@@]12C. The minimum atomic E-state index is -0.0668. The molecule has 0 bridgehead atoms. The van der Waals surface area contributed by atoms with Crippen LogP contribution in [0.3, 0.4) is 0 Å². The van der Waals surface area contributed by atoms with Gasteiger partial charge >= 0.3 is 5.97 Å². The van der Waals surface area contributed by atoms with E-state index in [0.717, 1.165) is 24.7 Å². The van der Waals surface area contributed by atoms with Gasteiger partial charge in [-0.05, 0) is 67.6 Å². The molecule has 0 aromatic rings. The fraction of sp³-hybridized carbons (Fsp3) is 0.850. The van der Waals surface area contributed by atoms with E-state index in [1.54, 1.807) is 0 Å². The first-order valence-electron chi connectivity index (χ1n) is 9.01. The Bertz CT molecular complexity index is 441. The largest absolute Gasteiger partial charge is 0.469 e. The monoisotopic (exact) mass is 306 g/mol. The fourth-order valence-corrected chi connectivity index (χ4v) is 5.24. The highest BCUT2D eigenvalue weighted by molar-refractivity contribution is 5.71. The van der Waals surface area contributed by atoms with Crippen LogP contribution >= 0.6 is 0 Å². The molecule has 2 nitrogen and oxygen atoms in total. The molecule has 0 aromatic carbocycles. The molecule has 126 valence electrons. The minimum absolute atomic E-state index is 0.00833. The highest BCUT2D eigenvalue weighted by Crippen LogP contribution is 2.62. The summed E-state index contributed by atoms with van der Waals surface area (Å²) in [6, 6.07) is 0. The summed E-state index contributed by atoms with van der Waals surface area (Å²) < 4.78 is 4.90. The van der Waals surface area contributed by atoms with E-state index in [1.165, 1.54) is 44.8 Å². The van der Waals surface area contributed by atoms with Crippen LogP contribution in [-0.2, 0) is 9.53 Å². The number of rotatable bonds is 4. The topological polar surface area (TPSA) is 26.3 Å². The third kappa shape index (κ3) is 2.86. The molecule has 2 aliphatic carbocycles. The Morgan fingerprint density at radius 1 is 1.41 bits per heavy atom. The van der Waals surface area contributed by atoms with Crippen molar-refractivity contribution in [1.29, 1.82) is 0 Å². The molecule has 0 aromatic heterocycles. The van der Waals surface area contributed by atoms with Gasteiger partial charge in [0.1, 0.15) is 0 Å². The summed E-state index contributed by atoms with van der Waals surface area (Å²) in [5, 5.41) is 0. The van der Waals surface area contributed by atoms with Gasteiger partial charge in [0, 0.05) is 0 Å². The van der Waals surface area contributed by atoms with E-state index < -0.39 is 0 Å². The minimum Gasteiger partial charge on any atom is -0.469 e. The van der Waals surface area contributed by atoms with E-state index in [4.69, 9.17) is 4.74 Å². The zero-order valence-corrected chi connectivity index (χ0v) is 15.2. The molecule has 0 amide bonds. The van der Waals surface area contributed by atoms with Crippen LogP contribution < -0.4 is 0 Å². The maximum atomic E-state index is 11.7. The normalized spacial score (nSPS) is 40.0. The van der Waals surface area contributed by atoms with Crippen LogP contribution in [0.1, 0.15) is 72.6 Å². The molecular weight excluding hydrogens is 272 g/mol. The van der Waals surface area contributed by atoms with Crippen molar-refractivity contribution < 1.29 is 9.53 Å². The second-order valence-corrected chi connectivity index (χ2v) is 8.37. The third-order valence-electron chi connectivity index (χ3n) is 7.29. The Morgan fingerprint density at radius 2 is 2.09 bits per heavy atom. The van der Waals surface area contributed by atoms with Crippen molar-refractivity contribution in [1.82, 2.24) is 0 Å². The van der Waals surface area contributed by atoms with Gasteiger partial charge < -0.3 is 4.74 Å². The number of carbonyl (C=O) groups is 1. The Morgan fingerprint density at radius 3 is 2.73 bits per heavy atom. The molecule has 0 spiro atoms. The lowest BCUT2D eigenvalue weighted by molar-refractivity contribution is -0.145. The summed E-state index contributed by atoms with van der Waals surface area (Å²) in [5.41, 5.74) is 2.11. The van der Waals surface area contributed by atoms with Gasteiger partial charge in [-0.2, -0.15) is 0 Å². The number of methoxy groups -OCH3 is 1. The Balaban J connectivity index is 2.18. The third-order valence-corrected chi connectivity index (χ3v) is 7.29. The van der Waals surface area contributed by atoms with Gasteiger partial charge in [0.15, 0.2) is 0 Å². The van der Waals surface area contributed by atoms with Crippen molar-refractivity contribution in [3.05, 3.63) is 12.2 Å². The average molecular weight is 306 g/mol. The van der Waals surface area contributed by atoms with Crippen molar-refractivity contribution in [3.63, 3.8) is 0 Å². The second kappa shape index (κ2) is 6.37. The summed E-state index contributed by atoms with van der Waals surface area (Å²) in [6.07, 6.45) is 8.45. The zero-order valence-electron chi connectivity index (χ0n) is 15.2. The first kappa shape index (κ1) is 17.6. The molecule has 0 saturated heterocycles. The number of allylic oxidation sites excluding steroid dienone is 1. The quantitative estimate of drug-likeness (QED) is 0.515. The van der Waals surface area contributed by atoms with Crippen LogP contribution in [0.25, 0.3) is 0 Å². The Labute approximate surface area is 136 Å². The standard InChI is InChI=1S/C20H34O2/c1-14(18(21)22-6)10-12-19(4)16(3)11-13-20(5)15(2)8-7-9-17(19)20/h14,16-17H,2,7-13H2,1,3-6H3/t14-,16+,17+,19-,20+/m1/s1. The maximum absolute atomic E-state index is 11.7. The first-order valence-corrected chi connectivity index (χ1v) is 9.01. The molecule has 2 heteroatoms. The van der Waals surface area contributed by atoms with E-state index in [2.05, 4.69) is 27.4 Å². The fourth-order valence-electron chi connectivity index (χ4n) is 5.24. The molecule has 0 aliphatic heterocycles. The number of esters is 1. The predicted molar refractivity (Wildman–Crippen MR) is 91.5 cm³/mol. The number of hydrogen-bond acceptors (Lipinski definition) is 2. The van der Waals surface area contributed by atoms with Gasteiger partial charge in [0.25, 0.3) is 0 Å². The molecule has 2 rings (SSSR count). The van der Waals surface area contributed by atoms with Crippen molar-refractivity contribution in [2.45, 2.75) is 72.6 Å². The summed E-state index contributed by atoms with van der Waals surface area (Å²) in [4.78, 5) is 11.7. The van der Waals surface area contributed by atoms with Gasteiger partial charge in [0.2, 0.25) is 0 Å². The molecule has 2 fully saturated rings. The van der Waals surface area contributed by atoms with Gasteiger partial charge in [0.05, 0.1) is 13.0 Å². The van der Waals surface area contributed by atoms with Crippen LogP contribution in [0.15, 0.2) is 12.2 Å². The maximum Gasteiger partial charge on any atom is 0.308 e. The predicted octanol–water partition coefficient (Wildman–Crippen LogP) is 5.37. The van der Waals surface area contributed by atoms with Crippen LogP contribution in [-0.4, -0.2) is 13.1 Å². The lowest BCUT2D eigenvalue weighted by Gasteiger charge is -2.59. The molecule has 0 heterocycles. The highest BCUT2D eigenvalue weighted by atomic mass is 16.5. The first-order chi connectivity index (χ1) is 10.3. The zero-order chi connectivity index (χ0) is 16.5. The molecule has 2 saturated carbocycles. The van der Waals surface area contributed by atoms with Crippen molar-refractivity contribution in [2.75, 3.05) is 7.11 Å². The molecular formula is C20H34O2. The summed E-state index contributed by atoms with van der Waals surface area (Å²) in [7, 11) is 1.49. The molecule has 22 heavy (non-hydrogen) atoms. The van der Waals surface area contributed by atoms with Gasteiger partial charge in [-0.25, -0.2) is 0 Å². The number of carbonyl (C=O) groups excluding carboxylic acids is 1. The van der Waals surface area contributed by atoms with Crippen LogP contribution in [0.4, 0.5) is 0 Å². The molecule has 0 N–H and O–H groups in total. The van der Waals surface area contributed by atoms with Crippen LogP contribution in [0, 0.1) is 28.6 Å². The Kier molecular flexibility index (Phi) is 5.09. The van der Waals surface area contributed by atoms with E-state index in [-0.39, 0.29) is 11.9 Å². The van der Waals surface area contributed by atoms with Crippen LogP contribution in [0.5, 0.6) is 0 Å². The van der Waals surface area contributed by atoms with Gasteiger partial charge in [-0.3, -0.25) is 4.79 Å². The van der Waals surface area contributed by atoms with Gasteiger partial charge in [-0.15, -0.1) is 0 Å². The highest BCUT2D eigenvalue weighted by Gasteiger charge is 2.53. The van der Waals surface area contributed by atoms with Crippen molar-refractivity contribution in [2.24, 2.45) is 28.6 Å². The van der Waals surface area contributed by atoms with Gasteiger partial charge in [-0.1, -0.05) is 39.8 Å². The smallest absolute Gasteiger partial charge is 0.308 e. The average Bonchev–Trinajstić information content (AvgIpc) is 2.50. The number of fused-ring (bicyclic) bond motifs is 1. The second-order valence-electron chi connectivity index (χ2n) is 8.37. The van der Waals surface area contributed by atoms with Crippen molar-refractivity contribution in [3.8, 4) is 0 Å². The molecule has 0 unspecified atom stereocenters. The van der Waals surface area contributed by atoms with E-state index >= 15 is 0 Å². The van der Waals surface area contributed by atoms with E-state index in [9.17, 15) is 4.79 Å². The Hall–Kier alpha value is -0.790. The lowest BCUT2D eigenvalue weighted by atomic mass is 9.46. The van der Waals surface area contributed by atoms with Crippen molar-refractivity contribution >= 4 is 5.97 Å². The number of ether oxygens (including phenoxy) is 1. The summed E-state index contributed by atoms with van der Waals surface area (Å²) >= 11 is 0. The van der Waals surface area contributed by atoms with E-state index in [0.29, 0.717) is 10.8 Å². The molecule has 0 radical (unpaired) electrons. The lowest BCUT2D eigenvalue weighted by Crippen LogP contribution is -2.50. The van der Waals surface area contributed by atoms with E-state index in [1.807, 2.05) is 6.92 Å². The summed E-state index contributed by atoms with van der Waals surface area (Å²) in [6.45, 7) is 13.8. The van der Waals surface area contributed by atoms with Crippen LogP contribution in [0.2, 0.25) is 0 Å². The molecule has 2 aliphatic rings. The molecule has 5 atom stereocenters. The number of hydrogen-bond donors (Lipinski definition) is 0.